The van der Waals surface area contributed by atoms with Gasteiger partial charge in [0.15, 0.2) is 0 Å². The highest BCUT2D eigenvalue weighted by molar-refractivity contribution is 5.27. The largest absolute Gasteiger partial charge is 0.512 e. The Morgan fingerprint density at radius 3 is 2.42 bits per heavy atom. The molecule has 0 aromatic carbocycles. The number of aliphatic hydroxyl groups excluding tert-OH is 1. The van der Waals surface area contributed by atoms with E-state index in [1.54, 1.807) is 0 Å². The lowest BCUT2D eigenvalue weighted by molar-refractivity contribution is 0.236. The van der Waals surface area contributed by atoms with E-state index < -0.39 is 0 Å². The summed E-state index contributed by atoms with van der Waals surface area (Å²) in [6.45, 7) is 8.44. The van der Waals surface area contributed by atoms with Crippen LogP contribution in [0.2, 0.25) is 0 Å². The molecule has 0 spiro atoms. The first-order chi connectivity index (χ1) is 5.54. The van der Waals surface area contributed by atoms with Crippen molar-refractivity contribution in [3.05, 3.63) is 23.5 Å². The van der Waals surface area contributed by atoms with Gasteiger partial charge in [0.1, 0.15) is 0 Å². The molecule has 0 aromatic rings. The van der Waals surface area contributed by atoms with Gasteiger partial charge in [-0.2, -0.15) is 0 Å². The van der Waals surface area contributed by atoms with Crippen molar-refractivity contribution in [1.29, 1.82) is 0 Å². The van der Waals surface area contributed by atoms with Crippen LogP contribution in [-0.4, -0.2) is 5.11 Å². The molecule has 0 saturated carbocycles. The van der Waals surface area contributed by atoms with Gasteiger partial charge in [0.05, 0.1) is 5.76 Å². The topological polar surface area (TPSA) is 20.2 Å². The molecule has 1 N–H and O–H groups in total. The Kier molecular flexibility index (Phi) is 2.61. The quantitative estimate of drug-likeness (QED) is 0.633. The molecule has 0 heterocycles. The third kappa shape index (κ3) is 1.55. The molecule has 1 aliphatic carbocycles. The van der Waals surface area contributed by atoms with Crippen molar-refractivity contribution in [2.24, 2.45) is 17.8 Å². The molecule has 0 aliphatic heterocycles. The van der Waals surface area contributed by atoms with Crippen LogP contribution in [0.3, 0.4) is 0 Å². The molecule has 0 amide bonds. The number of allylic oxidation sites excluding steroid dienone is 4. The summed E-state index contributed by atoms with van der Waals surface area (Å²) < 4.78 is 0. The Morgan fingerprint density at radius 2 is 2.00 bits per heavy atom. The molecule has 1 heteroatoms. The van der Waals surface area contributed by atoms with Crippen LogP contribution in [0.25, 0.3) is 0 Å². The van der Waals surface area contributed by atoms with E-state index in [1.165, 1.54) is 0 Å². The zero-order valence-electron chi connectivity index (χ0n) is 8.33. The molecule has 0 fully saturated rings. The summed E-state index contributed by atoms with van der Waals surface area (Å²) in [5.74, 6) is 1.88. The summed E-state index contributed by atoms with van der Waals surface area (Å²) in [4.78, 5) is 0. The third-order valence-electron chi connectivity index (χ3n) is 2.65. The van der Waals surface area contributed by atoms with E-state index in [2.05, 4.69) is 26.8 Å². The monoisotopic (exact) mass is 166 g/mol. The first-order valence-corrected chi connectivity index (χ1v) is 4.62. The average Bonchev–Trinajstić information content (AvgIpc) is 1.97. The van der Waals surface area contributed by atoms with Gasteiger partial charge in [-0.05, 0) is 24.3 Å². The summed E-state index contributed by atoms with van der Waals surface area (Å²) in [6.07, 6.45) is 4.19. The Bertz CT molecular complexity index is 223. The van der Waals surface area contributed by atoms with Gasteiger partial charge in [-0.1, -0.05) is 32.9 Å². The van der Waals surface area contributed by atoms with E-state index in [0.717, 1.165) is 5.57 Å². The lowest BCUT2D eigenvalue weighted by Gasteiger charge is -2.28. The van der Waals surface area contributed by atoms with Crippen LogP contribution in [0.4, 0.5) is 0 Å². The van der Waals surface area contributed by atoms with Crippen LogP contribution in [0.1, 0.15) is 27.7 Å². The van der Waals surface area contributed by atoms with Gasteiger partial charge >= 0.3 is 0 Å². The predicted molar refractivity (Wildman–Crippen MR) is 52.0 cm³/mol. The van der Waals surface area contributed by atoms with Gasteiger partial charge in [-0.25, -0.2) is 0 Å². The average molecular weight is 166 g/mol. The van der Waals surface area contributed by atoms with E-state index in [0.29, 0.717) is 23.5 Å². The Hall–Kier alpha value is -0.720. The molecular weight excluding hydrogens is 148 g/mol. The van der Waals surface area contributed by atoms with Crippen LogP contribution >= 0.6 is 0 Å². The molecule has 0 aromatic heterocycles. The van der Waals surface area contributed by atoms with Gasteiger partial charge in [-0.3, -0.25) is 0 Å². The van der Waals surface area contributed by atoms with Crippen molar-refractivity contribution in [2.45, 2.75) is 27.7 Å². The summed E-state index contributed by atoms with van der Waals surface area (Å²) in [5.41, 5.74) is 1.02. The summed E-state index contributed by atoms with van der Waals surface area (Å²) >= 11 is 0. The minimum absolute atomic E-state index is 0.315. The third-order valence-corrected chi connectivity index (χ3v) is 2.65. The van der Waals surface area contributed by atoms with Crippen molar-refractivity contribution in [3.8, 4) is 0 Å². The Morgan fingerprint density at radius 1 is 1.42 bits per heavy atom. The standard InChI is InChI=1S/C11H18O/c1-7(2)10-8(3)5-6-9(4)11(10)12/h5-8,10,12H,1-4H3/t8-,10?/m1/s1. The van der Waals surface area contributed by atoms with Crippen molar-refractivity contribution in [1.82, 2.24) is 0 Å². The lowest BCUT2D eigenvalue weighted by Crippen LogP contribution is -2.22. The molecule has 0 bridgehead atoms. The van der Waals surface area contributed by atoms with Crippen molar-refractivity contribution in [3.63, 3.8) is 0 Å². The fraction of sp³-hybridized carbons (Fsp3) is 0.636. The second kappa shape index (κ2) is 3.34. The number of hydrogen-bond acceptors (Lipinski definition) is 1. The van der Waals surface area contributed by atoms with Gasteiger partial charge in [0, 0.05) is 5.92 Å². The first-order valence-electron chi connectivity index (χ1n) is 4.62. The molecule has 1 unspecified atom stereocenters. The van der Waals surface area contributed by atoms with Crippen LogP contribution < -0.4 is 0 Å². The lowest BCUT2D eigenvalue weighted by atomic mass is 9.78. The van der Waals surface area contributed by atoms with Gasteiger partial charge in [0.25, 0.3) is 0 Å². The molecule has 1 aliphatic rings. The fourth-order valence-corrected chi connectivity index (χ4v) is 1.94. The molecule has 2 atom stereocenters. The molecule has 1 nitrogen and oxygen atoms in total. The zero-order valence-corrected chi connectivity index (χ0v) is 8.33. The van der Waals surface area contributed by atoms with E-state index >= 15 is 0 Å². The maximum Gasteiger partial charge on any atom is 0.0990 e. The highest BCUT2D eigenvalue weighted by Gasteiger charge is 2.26. The van der Waals surface area contributed by atoms with Crippen LogP contribution in [-0.2, 0) is 0 Å². The number of aliphatic hydroxyl groups is 1. The van der Waals surface area contributed by atoms with Crippen molar-refractivity contribution < 1.29 is 5.11 Å². The highest BCUT2D eigenvalue weighted by Crippen LogP contribution is 2.33. The SMILES string of the molecule is CC1=C(O)C(C(C)C)[C@H](C)C=C1. The normalized spacial score (nSPS) is 30.1. The minimum Gasteiger partial charge on any atom is -0.512 e. The summed E-state index contributed by atoms with van der Waals surface area (Å²) in [7, 11) is 0. The first kappa shape index (κ1) is 9.37. The predicted octanol–water partition coefficient (Wildman–Crippen LogP) is 3.30. The van der Waals surface area contributed by atoms with Gasteiger partial charge < -0.3 is 5.11 Å². The molecular formula is C11H18O. The fourth-order valence-electron chi connectivity index (χ4n) is 1.94. The molecule has 0 radical (unpaired) electrons. The van der Waals surface area contributed by atoms with Crippen molar-refractivity contribution >= 4 is 0 Å². The molecule has 68 valence electrons. The van der Waals surface area contributed by atoms with Crippen LogP contribution in [0.15, 0.2) is 23.5 Å². The Balaban J connectivity index is 2.92. The van der Waals surface area contributed by atoms with E-state index in [9.17, 15) is 5.11 Å². The minimum atomic E-state index is 0.315. The highest BCUT2D eigenvalue weighted by atomic mass is 16.3. The maximum absolute atomic E-state index is 9.81. The molecule has 12 heavy (non-hydrogen) atoms. The number of rotatable bonds is 1. The summed E-state index contributed by atoms with van der Waals surface area (Å²) in [5, 5.41) is 9.81. The second-order valence-corrected chi connectivity index (χ2v) is 4.06. The molecule has 0 saturated heterocycles. The van der Waals surface area contributed by atoms with Gasteiger partial charge in [-0.15, -0.1) is 0 Å². The van der Waals surface area contributed by atoms with Crippen LogP contribution in [0.5, 0.6) is 0 Å². The van der Waals surface area contributed by atoms with Crippen molar-refractivity contribution in [2.75, 3.05) is 0 Å². The summed E-state index contributed by atoms with van der Waals surface area (Å²) in [6, 6.07) is 0. The van der Waals surface area contributed by atoms with Gasteiger partial charge in [0.2, 0.25) is 0 Å². The van der Waals surface area contributed by atoms with Crippen LogP contribution in [0, 0.1) is 17.8 Å². The maximum atomic E-state index is 9.81. The van der Waals surface area contributed by atoms with E-state index in [1.807, 2.05) is 13.0 Å². The smallest absolute Gasteiger partial charge is 0.0990 e. The number of hydrogen-bond donors (Lipinski definition) is 1. The zero-order chi connectivity index (χ0) is 9.30. The van der Waals surface area contributed by atoms with E-state index in [-0.39, 0.29) is 0 Å². The molecule has 1 rings (SSSR count). The Labute approximate surface area is 74.8 Å². The van der Waals surface area contributed by atoms with E-state index in [4.69, 9.17) is 0 Å². The second-order valence-electron chi connectivity index (χ2n) is 4.06.